The molecule has 122 valence electrons. The number of rotatable bonds is 7. The van der Waals surface area contributed by atoms with Crippen LogP contribution in [0.1, 0.15) is 38.3 Å². The lowest BCUT2D eigenvalue weighted by Gasteiger charge is -2.23. The summed E-state index contributed by atoms with van der Waals surface area (Å²) in [5.74, 6) is 0.599. The van der Waals surface area contributed by atoms with Gasteiger partial charge in [-0.1, -0.05) is 63.2 Å². The highest BCUT2D eigenvalue weighted by Crippen LogP contribution is 2.27. The number of hydrogen-bond donors (Lipinski definition) is 1. The molecule has 0 heterocycles. The van der Waals surface area contributed by atoms with Gasteiger partial charge in [-0.3, -0.25) is 4.79 Å². The first-order valence-electron chi connectivity index (χ1n) is 8.05. The average Bonchev–Trinajstić information content (AvgIpc) is 2.59. The van der Waals surface area contributed by atoms with Crippen molar-refractivity contribution in [3.63, 3.8) is 0 Å². The summed E-state index contributed by atoms with van der Waals surface area (Å²) < 4.78 is 5.55. The van der Waals surface area contributed by atoms with Crippen molar-refractivity contribution in [1.29, 1.82) is 0 Å². The Hall–Kier alpha value is -2.29. The fraction of sp³-hybridized carbons (Fsp3) is 0.350. The van der Waals surface area contributed by atoms with Crippen LogP contribution < -0.4 is 10.1 Å². The summed E-state index contributed by atoms with van der Waals surface area (Å²) in [6.45, 7) is 7.18. The summed E-state index contributed by atoms with van der Waals surface area (Å²) in [7, 11) is 0. The summed E-state index contributed by atoms with van der Waals surface area (Å²) in [4.78, 5) is 11.8. The molecule has 0 aliphatic heterocycles. The largest absolute Gasteiger partial charge is 0.484 e. The lowest BCUT2D eigenvalue weighted by Crippen LogP contribution is -2.28. The maximum Gasteiger partial charge on any atom is 0.258 e. The predicted molar refractivity (Wildman–Crippen MR) is 93.5 cm³/mol. The summed E-state index contributed by atoms with van der Waals surface area (Å²) in [6, 6.07) is 17.8. The van der Waals surface area contributed by atoms with Crippen molar-refractivity contribution in [2.24, 2.45) is 0 Å². The number of carbonyl (C=O) groups excluding carboxylic acids is 1. The predicted octanol–water partition coefficient (Wildman–Crippen LogP) is 4.07. The summed E-state index contributed by atoms with van der Waals surface area (Å²) >= 11 is 0. The maximum atomic E-state index is 11.8. The first kappa shape index (κ1) is 17.1. The standard InChI is InChI=1S/C20H25NO2/c1-4-20(2,3)17-10-12-18(13-11-17)23-15-19(22)21-14-16-8-6-5-7-9-16/h5-13H,4,14-15H2,1-3H3,(H,21,22). The molecule has 0 fully saturated rings. The van der Waals surface area contributed by atoms with Crippen LogP contribution in [0.25, 0.3) is 0 Å². The van der Waals surface area contributed by atoms with Crippen molar-refractivity contribution < 1.29 is 9.53 Å². The van der Waals surface area contributed by atoms with E-state index in [-0.39, 0.29) is 17.9 Å². The van der Waals surface area contributed by atoms with Gasteiger partial charge in [0.2, 0.25) is 0 Å². The van der Waals surface area contributed by atoms with Gasteiger partial charge in [0.25, 0.3) is 5.91 Å². The van der Waals surface area contributed by atoms with Gasteiger partial charge in [0.1, 0.15) is 5.75 Å². The van der Waals surface area contributed by atoms with Crippen molar-refractivity contribution in [2.45, 2.75) is 39.2 Å². The van der Waals surface area contributed by atoms with Crippen molar-refractivity contribution in [2.75, 3.05) is 6.61 Å². The van der Waals surface area contributed by atoms with E-state index in [0.29, 0.717) is 6.54 Å². The molecule has 3 heteroatoms. The van der Waals surface area contributed by atoms with E-state index in [1.54, 1.807) is 0 Å². The molecule has 0 saturated carbocycles. The molecule has 2 aromatic rings. The van der Waals surface area contributed by atoms with Gasteiger partial charge in [0.15, 0.2) is 6.61 Å². The Morgan fingerprint density at radius 2 is 1.70 bits per heavy atom. The second kappa shape index (κ2) is 7.82. The van der Waals surface area contributed by atoms with Crippen LogP contribution in [0.4, 0.5) is 0 Å². The Morgan fingerprint density at radius 1 is 1.04 bits per heavy atom. The Bertz CT molecular complexity index is 618. The average molecular weight is 311 g/mol. The minimum absolute atomic E-state index is 0.0311. The number of nitrogens with one attached hydrogen (secondary N) is 1. The Labute approximate surface area is 138 Å². The topological polar surface area (TPSA) is 38.3 Å². The molecule has 0 aliphatic carbocycles. The quantitative estimate of drug-likeness (QED) is 0.837. The molecule has 0 radical (unpaired) electrons. The number of carbonyl (C=O) groups is 1. The maximum absolute atomic E-state index is 11.8. The minimum atomic E-state index is -0.119. The molecule has 0 aromatic heterocycles. The van der Waals surface area contributed by atoms with Crippen molar-refractivity contribution in [3.8, 4) is 5.75 Å². The Balaban J connectivity index is 1.80. The van der Waals surface area contributed by atoms with E-state index in [4.69, 9.17) is 4.74 Å². The van der Waals surface area contributed by atoms with Gasteiger partial charge in [0.05, 0.1) is 0 Å². The van der Waals surface area contributed by atoms with E-state index in [1.807, 2.05) is 42.5 Å². The smallest absolute Gasteiger partial charge is 0.258 e. The van der Waals surface area contributed by atoms with Crippen LogP contribution in [0.3, 0.4) is 0 Å². The van der Waals surface area contributed by atoms with Crippen LogP contribution in [0.15, 0.2) is 54.6 Å². The van der Waals surface area contributed by atoms with Crippen molar-refractivity contribution >= 4 is 5.91 Å². The second-order valence-corrected chi connectivity index (χ2v) is 6.31. The van der Waals surface area contributed by atoms with E-state index in [2.05, 4.69) is 38.2 Å². The molecule has 1 N–H and O–H groups in total. The van der Waals surface area contributed by atoms with Gasteiger partial charge in [-0.05, 0) is 35.1 Å². The fourth-order valence-electron chi connectivity index (χ4n) is 2.20. The monoisotopic (exact) mass is 311 g/mol. The first-order chi connectivity index (χ1) is 11.0. The first-order valence-corrected chi connectivity index (χ1v) is 8.05. The van der Waals surface area contributed by atoms with Gasteiger partial charge >= 0.3 is 0 Å². The molecule has 0 saturated heterocycles. The van der Waals surface area contributed by atoms with E-state index >= 15 is 0 Å². The summed E-state index contributed by atoms with van der Waals surface area (Å²) in [5, 5.41) is 2.85. The van der Waals surface area contributed by atoms with E-state index in [0.717, 1.165) is 17.7 Å². The number of ether oxygens (including phenoxy) is 1. The van der Waals surface area contributed by atoms with Crippen LogP contribution in [0.2, 0.25) is 0 Å². The van der Waals surface area contributed by atoms with Crippen LogP contribution in [0.5, 0.6) is 5.75 Å². The normalized spacial score (nSPS) is 11.1. The Kier molecular flexibility index (Phi) is 5.80. The zero-order valence-electron chi connectivity index (χ0n) is 14.1. The van der Waals surface area contributed by atoms with Gasteiger partial charge in [-0.25, -0.2) is 0 Å². The fourth-order valence-corrected chi connectivity index (χ4v) is 2.20. The molecule has 0 aliphatic rings. The SMILES string of the molecule is CCC(C)(C)c1ccc(OCC(=O)NCc2ccccc2)cc1. The van der Waals surface area contributed by atoms with Crippen molar-refractivity contribution in [3.05, 3.63) is 65.7 Å². The lowest BCUT2D eigenvalue weighted by atomic mass is 9.82. The van der Waals surface area contributed by atoms with Crippen molar-refractivity contribution in [1.82, 2.24) is 5.32 Å². The molecule has 0 atom stereocenters. The highest BCUT2D eigenvalue weighted by molar-refractivity contribution is 5.77. The van der Waals surface area contributed by atoms with Crippen LogP contribution in [0, 0.1) is 0 Å². The zero-order chi connectivity index (χ0) is 16.7. The molecule has 2 aromatic carbocycles. The minimum Gasteiger partial charge on any atom is -0.484 e. The third-order valence-corrected chi connectivity index (χ3v) is 4.22. The van der Waals surface area contributed by atoms with E-state index in [1.165, 1.54) is 5.56 Å². The third-order valence-electron chi connectivity index (χ3n) is 4.22. The molecular weight excluding hydrogens is 286 g/mol. The Morgan fingerprint density at radius 3 is 2.30 bits per heavy atom. The molecule has 3 nitrogen and oxygen atoms in total. The zero-order valence-corrected chi connectivity index (χ0v) is 14.1. The highest BCUT2D eigenvalue weighted by atomic mass is 16.5. The number of benzene rings is 2. The summed E-state index contributed by atoms with van der Waals surface area (Å²) in [6.07, 6.45) is 1.08. The van der Waals surface area contributed by atoms with E-state index < -0.39 is 0 Å². The van der Waals surface area contributed by atoms with Gasteiger partial charge in [0, 0.05) is 6.54 Å². The van der Waals surface area contributed by atoms with Gasteiger partial charge < -0.3 is 10.1 Å². The van der Waals surface area contributed by atoms with Gasteiger partial charge in [-0.15, -0.1) is 0 Å². The number of amides is 1. The molecule has 0 bridgehead atoms. The number of hydrogen-bond acceptors (Lipinski definition) is 2. The van der Waals surface area contributed by atoms with Crippen LogP contribution in [-0.2, 0) is 16.8 Å². The van der Waals surface area contributed by atoms with Gasteiger partial charge in [-0.2, -0.15) is 0 Å². The lowest BCUT2D eigenvalue weighted by molar-refractivity contribution is -0.123. The molecule has 1 amide bonds. The van der Waals surface area contributed by atoms with Crippen LogP contribution in [-0.4, -0.2) is 12.5 Å². The third kappa shape index (κ3) is 5.13. The molecule has 2 rings (SSSR count). The molecular formula is C20H25NO2. The molecule has 0 unspecified atom stereocenters. The highest BCUT2D eigenvalue weighted by Gasteiger charge is 2.17. The summed E-state index contributed by atoms with van der Waals surface area (Å²) in [5.41, 5.74) is 2.51. The second-order valence-electron chi connectivity index (χ2n) is 6.31. The molecule has 0 spiro atoms. The van der Waals surface area contributed by atoms with E-state index in [9.17, 15) is 4.79 Å². The molecule has 23 heavy (non-hydrogen) atoms. The van der Waals surface area contributed by atoms with Crippen LogP contribution >= 0.6 is 0 Å².